The van der Waals surface area contributed by atoms with Crippen LogP contribution >= 0.6 is 8.53 Å². The van der Waals surface area contributed by atoms with Crippen LogP contribution in [-0.4, -0.2) is 66.4 Å². The van der Waals surface area contributed by atoms with Crippen LogP contribution in [0.25, 0.3) is 0 Å². The predicted octanol–water partition coefficient (Wildman–Crippen LogP) is 6.54. The van der Waals surface area contributed by atoms with E-state index in [0.29, 0.717) is 12.0 Å². The van der Waals surface area contributed by atoms with E-state index in [1.807, 2.05) is 78.9 Å². The van der Waals surface area contributed by atoms with Crippen molar-refractivity contribution in [2.45, 2.75) is 77.2 Å². The largest absolute Gasteiger partial charge is 0.497 e. The molecular weight excluding hydrogens is 657 g/mol. The van der Waals surface area contributed by atoms with Crippen LogP contribution < -0.4 is 20.7 Å². The average molecular weight is 706 g/mol. The van der Waals surface area contributed by atoms with E-state index in [1.54, 1.807) is 28.3 Å². The van der Waals surface area contributed by atoms with Gasteiger partial charge in [0.25, 0.3) is 14.1 Å². The summed E-state index contributed by atoms with van der Waals surface area (Å²) in [6.45, 7) is 10.2. The molecule has 2 unspecified atom stereocenters. The molecule has 1 saturated heterocycles. The zero-order valence-corrected chi connectivity index (χ0v) is 30.9. The van der Waals surface area contributed by atoms with Crippen LogP contribution in [0, 0.1) is 6.92 Å². The molecule has 1 aromatic heterocycles. The van der Waals surface area contributed by atoms with Crippen molar-refractivity contribution < 1.29 is 28.0 Å². The van der Waals surface area contributed by atoms with Crippen LogP contribution in [0.15, 0.2) is 94.6 Å². The van der Waals surface area contributed by atoms with Crippen LogP contribution in [0.3, 0.4) is 0 Å². The molecule has 0 aliphatic carbocycles. The summed E-state index contributed by atoms with van der Waals surface area (Å²) in [6.07, 6.45) is -0.00636. The van der Waals surface area contributed by atoms with Crippen LogP contribution in [-0.2, 0) is 24.1 Å². The zero-order chi connectivity index (χ0) is 36.0. The quantitative estimate of drug-likeness (QED) is 0.109. The maximum Gasteiger partial charge on any atom is 0.330 e. The van der Waals surface area contributed by atoms with Crippen molar-refractivity contribution in [2.75, 3.05) is 27.9 Å². The van der Waals surface area contributed by atoms with Gasteiger partial charge in [0.05, 0.1) is 26.9 Å². The fourth-order valence-corrected chi connectivity index (χ4v) is 8.09. The van der Waals surface area contributed by atoms with E-state index in [9.17, 15) is 9.59 Å². The van der Waals surface area contributed by atoms with Gasteiger partial charge in [-0.15, -0.1) is 0 Å². The summed E-state index contributed by atoms with van der Waals surface area (Å²) in [4.78, 5) is 27.7. The van der Waals surface area contributed by atoms with Gasteiger partial charge in [0, 0.05) is 37.4 Å². The number of methoxy groups -OCH3 is 2. The van der Waals surface area contributed by atoms with Crippen LogP contribution in [0.2, 0.25) is 0 Å². The van der Waals surface area contributed by atoms with Crippen molar-refractivity contribution in [2.24, 2.45) is 0 Å². The first-order valence-electron chi connectivity index (χ1n) is 16.8. The topological polar surface area (TPSA) is 113 Å². The van der Waals surface area contributed by atoms with Gasteiger partial charge >= 0.3 is 5.69 Å². The smallest absolute Gasteiger partial charge is 0.330 e. The number of rotatable bonds is 15. The number of nitrogens with one attached hydrogen (secondary N) is 1. The number of aromatic nitrogens is 2. The third-order valence-corrected chi connectivity index (χ3v) is 11.0. The van der Waals surface area contributed by atoms with Gasteiger partial charge in [0.15, 0.2) is 0 Å². The van der Waals surface area contributed by atoms with E-state index < -0.39 is 43.8 Å². The second kappa shape index (κ2) is 16.5. The predicted molar refractivity (Wildman–Crippen MR) is 194 cm³/mol. The Hall–Kier alpha value is -3.83. The molecule has 0 spiro atoms. The van der Waals surface area contributed by atoms with Crippen molar-refractivity contribution in [3.05, 3.63) is 128 Å². The van der Waals surface area contributed by atoms with Gasteiger partial charge in [0.2, 0.25) is 0 Å². The summed E-state index contributed by atoms with van der Waals surface area (Å²) in [5.41, 5.74) is 0.970. The van der Waals surface area contributed by atoms with Crippen molar-refractivity contribution in [1.29, 1.82) is 0 Å². The normalized spacial score (nSPS) is 18.6. The molecule has 1 aliphatic heterocycles. The van der Waals surface area contributed by atoms with Crippen LogP contribution in [0.5, 0.6) is 11.5 Å². The molecule has 0 radical (unpaired) electrons. The van der Waals surface area contributed by atoms with Gasteiger partial charge < -0.3 is 28.0 Å². The Kier molecular flexibility index (Phi) is 12.3. The second-order valence-electron chi connectivity index (χ2n) is 12.8. The van der Waals surface area contributed by atoms with Crippen molar-refractivity contribution in [3.63, 3.8) is 0 Å². The molecule has 1 aliphatic rings. The summed E-state index contributed by atoms with van der Waals surface area (Å²) in [5, 5.41) is 0. The number of ether oxygens (including phenoxy) is 4. The number of benzene rings is 3. The van der Waals surface area contributed by atoms with Gasteiger partial charge in [-0.2, -0.15) is 0 Å². The van der Waals surface area contributed by atoms with E-state index >= 15 is 0 Å². The lowest BCUT2D eigenvalue weighted by Gasteiger charge is -2.38. The van der Waals surface area contributed by atoms with Gasteiger partial charge in [0.1, 0.15) is 29.4 Å². The highest BCUT2D eigenvalue weighted by molar-refractivity contribution is 7.44. The fourth-order valence-electron chi connectivity index (χ4n) is 6.49. The number of H-pyrrole nitrogens is 1. The Bertz CT molecular complexity index is 1740. The Morgan fingerprint density at radius 1 is 0.860 bits per heavy atom. The van der Waals surface area contributed by atoms with Gasteiger partial charge in [-0.1, -0.05) is 54.6 Å². The minimum Gasteiger partial charge on any atom is -0.497 e. The lowest BCUT2D eigenvalue weighted by atomic mass is 9.80. The highest BCUT2D eigenvalue weighted by atomic mass is 31.2. The lowest BCUT2D eigenvalue weighted by Crippen LogP contribution is -2.39. The molecule has 50 heavy (non-hydrogen) atoms. The number of aryl methyl sites for hydroxylation is 1. The Labute approximate surface area is 295 Å². The molecule has 4 aromatic rings. The molecule has 5 rings (SSSR count). The first kappa shape index (κ1) is 37.4. The van der Waals surface area contributed by atoms with Gasteiger partial charge in [-0.05, 0) is 75.6 Å². The molecule has 0 bridgehead atoms. The summed E-state index contributed by atoms with van der Waals surface area (Å²) < 4.78 is 41.2. The molecule has 12 heteroatoms. The zero-order valence-electron chi connectivity index (χ0n) is 30.0. The molecule has 0 amide bonds. The molecular formula is C38H48N3O8P. The highest BCUT2D eigenvalue weighted by Crippen LogP contribution is 2.50. The number of hydrogen-bond acceptors (Lipinski definition) is 9. The fraction of sp³-hybridized carbons (Fsp3) is 0.421. The minimum atomic E-state index is -1.50. The second-order valence-corrected chi connectivity index (χ2v) is 14.3. The standard InChI is InChI=1S/C38H48N3O8P/c1-25(2)41(26(3)4)50(46-8)49-33-22-35(40-23-27(5)36(42)39-37(40)43)48-34(33)24-47-38(28-12-10-9-11-13-28,29-14-18-31(44-6)19-15-29)30-16-20-32(45-7)21-17-30/h9-21,23,25-26,33-35H,22,24H2,1-8H3,(H,39,42,43)/t33?,34-,35-,50?/m1/s1. The van der Waals surface area contributed by atoms with Gasteiger partial charge in [-0.25, -0.2) is 9.46 Å². The maximum absolute atomic E-state index is 13.0. The van der Waals surface area contributed by atoms with Crippen LogP contribution in [0.1, 0.15) is 62.6 Å². The molecule has 2 heterocycles. The van der Waals surface area contributed by atoms with E-state index in [-0.39, 0.29) is 18.7 Å². The van der Waals surface area contributed by atoms with E-state index in [2.05, 4.69) is 37.3 Å². The summed E-state index contributed by atoms with van der Waals surface area (Å²) >= 11 is 0. The monoisotopic (exact) mass is 705 g/mol. The third-order valence-electron chi connectivity index (χ3n) is 8.90. The van der Waals surface area contributed by atoms with E-state index in [0.717, 1.165) is 28.2 Å². The molecule has 268 valence electrons. The van der Waals surface area contributed by atoms with E-state index in [4.69, 9.17) is 28.0 Å². The first-order valence-corrected chi connectivity index (χ1v) is 17.9. The average Bonchev–Trinajstić information content (AvgIpc) is 3.52. The molecule has 1 N–H and O–H groups in total. The molecule has 4 atom stereocenters. The number of hydrogen-bond donors (Lipinski definition) is 1. The summed E-state index contributed by atoms with van der Waals surface area (Å²) in [6, 6.07) is 26.0. The summed E-state index contributed by atoms with van der Waals surface area (Å²) in [7, 11) is 3.41. The minimum absolute atomic E-state index is 0.0848. The Balaban J connectivity index is 1.60. The van der Waals surface area contributed by atoms with Crippen molar-refractivity contribution in [1.82, 2.24) is 14.2 Å². The van der Waals surface area contributed by atoms with Crippen molar-refractivity contribution in [3.8, 4) is 11.5 Å². The van der Waals surface area contributed by atoms with Crippen molar-refractivity contribution >= 4 is 8.53 Å². The Morgan fingerprint density at radius 2 is 1.40 bits per heavy atom. The Morgan fingerprint density at radius 3 is 1.90 bits per heavy atom. The lowest BCUT2D eigenvalue weighted by molar-refractivity contribution is -0.0924. The molecule has 11 nitrogen and oxygen atoms in total. The maximum atomic E-state index is 13.0. The third kappa shape index (κ3) is 7.89. The first-order chi connectivity index (χ1) is 24.0. The summed E-state index contributed by atoms with van der Waals surface area (Å²) in [5.74, 6) is 1.44. The van der Waals surface area contributed by atoms with Crippen LogP contribution in [0.4, 0.5) is 0 Å². The number of nitrogens with zero attached hydrogens (tertiary/aromatic N) is 2. The molecule has 3 aromatic carbocycles. The van der Waals surface area contributed by atoms with E-state index in [1.165, 1.54) is 10.8 Å². The highest BCUT2D eigenvalue weighted by Gasteiger charge is 2.45. The number of aromatic amines is 1. The molecule has 0 saturated carbocycles. The molecule has 1 fully saturated rings. The van der Waals surface area contributed by atoms with Gasteiger partial charge in [-0.3, -0.25) is 14.3 Å². The SMILES string of the molecule is COc1ccc(C(OC[C@H]2O[C@@H](n3cc(C)c(=O)[nH]c3=O)CC2OP(OC)N(C(C)C)C(C)C)(c2ccccc2)c2ccc(OC)cc2)cc1.